The molecule has 92 valence electrons. The van der Waals surface area contributed by atoms with Crippen molar-refractivity contribution >= 4 is 11.9 Å². The fourth-order valence-corrected chi connectivity index (χ4v) is 0.887. The molecule has 0 aliphatic heterocycles. The number of carboxylic acid groups (broad SMARTS) is 1. The van der Waals surface area contributed by atoms with E-state index in [9.17, 15) is 9.59 Å². The first-order valence-electron chi connectivity index (χ1n) is 4.18. The van der Waals surface area contributed by atoms with E-state index in [0.29, 0.717) is 0 Å². The third-order valence-corrected chi connectivity index (χ3v) is 1.37. The minimum Gasteiger partial charge on any atom is -0.478 e. The van der Waals surface area contributed by atoms with Gasteiger partial charge >= 0.3 is 11.9 Å². The number of para-hydroxylation sites is 1. The third kappa shape index (κ3) is 6.44. The Morgan fingerprint density at radius 1 is 1.35 bits per heavy atom. The Kier molecular flexibility index (Phi) is 5.72. The average molecular weight is 243 g/mol. The Morgan fingerprint density at radius 2 is 1.82 bits per heavy atom. The van der Waals surface area contributed by atoms with Gasteiger partial charge in [0, 0.05) is 6.92 Å². The minimum absolute atomic E-state index is 0.0160. The zero-order valence-electron chi connectivity index (χ0n) is 8.69. The van der Waals surface area contributed by atoms with Crippen LogP contribution in [-0.4, -0.2) is 27.3 Å². The molecule has 0 spiro atoms. The standard InChI is InChI=1S/C9H8O4.HNO3/c1-6(10)13-8-5-3-2-4-7(8)9(11)12;2-1(3)4/h2-5H,1H3,(H,11,12);(H,2,3,4). The topological polar surface area (TPSA) is 127 Å². The van der Waals surface area contributed by atoms with Crippen molar-refractivity contribution in [3.63, 3.8) is 0 Å². The smallest absolute Gasteiger partial charge is 0.339 e. The Morgan fingerprint density at radius 3 is 2.24 bits per heavy atom. The van der Waals surface area contributed by atoms with E-state index in [2.05, 4.69) is 4.74 Å². The number of ether oxygens (including phenoxy) is 1. The van der Waals surface area contributed by atoms with Crippen molar-refractivity contribution in [3.8, 4) is 5.75 Å². The highest BCUT2D eigenvalue weighted by atomic mass is 16.9. The van der Waals surface area contributed by atoms with Crippen LogP contribution in [0.1, 0.15) is 17.3 Å². The highest BCUT2D eigenvalue weighted by Crippen LogP contribution is 2.17. The summed E-state index contributed by atoms with van der Waals surface area (Å²) in [6.07, 6.45) is 0. The zero-order chi connectivity index (χ0) is 13.4. The van der Waals surface area contributed by atoms with Gasteiger partial charge in [-0.1, -0.05) is 12.1 Å². The van der Waals surface area contributed by atoms with Gasteiger partial charge in [0.25, 0.3) is 5.09 Å². The van der Waals surface area contributed by atoms with E-state index in [0.717, 1.165) is 0 Å². The predicted octanol–water partition coefficient (Wildman–Crippen LogP) is 0.962. The van der Waals surface area contributed by atoms with Gasteiger partial charge in [-0.25, -0.2) is 4.79 Å². The number of nitrogens with zero attached hydrogens (tertiary/aromatic N) is 1. The molecule has 0 aliphatic carbocycles. The van der Waals surface area contributed by atoms with Gasteiger partial charge in [-0.05, 0) is 12.1 Å². The molecule has 8 nitrogen and oxygen atoms in total. The van der Waals surface area contributed by atoms with E-state index < -0.39 is 17.0 Å². The van der Waals surface area contributed by atoms with E-state index in [1.807, 2.05) is 0 Å². The predicted molar refractivity (Wildman–Crippen MR) is 53.5 cm³/mol. The number of esters is 1. The molecule has 0 amide bonds. The maximum absolute atomic E-state index is 10.6. The highest BCUT2D eigenvalue weighted by Gasteiger charge is 2.10. The summed E-state index contributed by atoms with van der Waals surface area (Å²) in [6.45, 7) is 1.22. The summed E-state index contributed by atoms with van der Waals surface area (Å²) in [5.74, 6) is -1.58. The molecular formula is C9H9NO7. The van der Waals surface area contributed by atoms with Crippen LogP contribution in [0.4, 0.5) is 0 Å². The van der Waals surface area contributed by atoms with Crippen LogP contribution in [0.2, 0.25) is 0 Å². The normalized spacial score (nSPS) is 8.53. The van der Waals surface area contributed by atoms with Crippen molar-refractivity contribution < 1.29 is 29.7 Å². The van der Waals surface area contributed by atoms with Gasteiger partial charge in [0.05, 0.1) is 0 Å². The van der Waals surface area contributed by atoms with E-state index in [4.69, 9.17) is 20.4 Å². The Bertz CT molecular complexity index is 425. The molecule has 1 aromatic rings. The lowest BCUT2D eigenvalue weighted by molar-refractivity contribution is -0.742. The fraction of sp³-hybridized carbons (Fsp3) is 0.111. The molecule has 0 atom stereocenters. The number of aromatic carboxylic acids is 1. The monoisotopic (exact) mass is 243 g/mol. The average Bonchev–Trinajstić information content (AvgIpc) is 2.16. The number of carboxylic acids is 1. The summed E-state index contributed by atoms with van der Waals surface area (Å²) in [4.78, 5) is 29.5. The van der Waals surface area contributed by atoms with Gasteiger partial charge in [-0.3, -0.25) is 4.79 Å². The number of rotatable bonds is 2. The maximum atomic E-state index is 10.6. The molecule has 0 unspecified atom stereocenters. The first kappa shape index (κ1) is 14.4. The summed E-state index contributed by atoms with van der Waals surface area (Å²) in [5.41, 5.74) is -0.0160. The minimum atomic E-state index is -1.50. The number of hydrogen-bond donors (Lipinski definition) is 2. The number of carbonyl (C=O) groups excluding carboxylic acids is 1. The van der Waals surface area contributed by atoms with Gasteiger partial charge in [0.2, 0.25) is 0 Å². The van der Waals surface area contributed by atoms with Crippen molar-refractivity contribution in [2.75, 3.05) is 0 Å². The molecule has 0 aliphatic rings. The van der Waals surface area contributed by atoms with Crippen LogP contribution in [0.5, 0.6) is 5.75 Å². The van der Waals surface area contributed by atoms with Crippen molar-refractivity contribution in [2.45, 2.75) is 6.92 Å². The van der Waals surface area contributed by atoms with Crippen LogP contribution in [0.3, 0.4) is 0 Å². The quantitative estimate of drug-likeness (QED) is 0.342. The van der Waals surface area contributed by atoms with E-state index in [1.165, 1.54) is 19.1 Å². The van der Waals surface area contributed by atoms with Crippen molar-refractivity contribution in [3.05, 3.63) is 39.9 Å². The SMILES string of the molecule is CC(=O)Oc1ccccc1C(=O)O.O=[N+]([O-])O. The first-order chi connectivity index (χ1) is 7.84. The molecule has 2 N–H and O–H groups in total. The number of benzene rings is 1. The molecule has 0 radical (unpaired) electrons. The van der Waals surface area contributed by atoms with Crippen LogP contribution >= 0.6 is 0 Å². The van der Waals surface area contributed by atoms with Gasteiger partial charge in [0.15, 0.2) is 0 Å². The molecule has 8 heteroatoms. The Hall–Kier alpha value is -2.64. The van der Waals surface area contributed by atoms with Crippen LogP contribution in [0.25, 0.3) is 0 Å². The zero-order valence-corrected chi connectivity index (χ0v) is 8.69. The molecular weight excluding hydrogens is 234 g/mol. The lowest BCUT2D eigenvalue weighted by Gasteiger charge is -2.03. The highest BCUT2D eigenvalue weighted by molar-refractivity contribution is 5.91. The second-order valence-corrected chi connectivity index (χ2v) is 2.63. The van der Waals surface area contributed by atoms with Gasteiger partial charge in [-0.15, -0.1) is 10.1 Å². The summed E-state index contributed by atoms with van der Waals surface area (Å²) >= 11 is 0. The lowest BCUT2D eigenvalue weighted by Crippen LogP contribution is -2.06. The van der Waals surface area contributed by atoms with E-state index >= 15 is 0 Å². The van der Waals surface area contributed by atoms with Crippen LogP contribution in [0, 0.1) is 10.1 Å². The molecule has 1 rings (SSSR count). The van der Waals surface area contributed by atoms with Gasteiger partial charge < -0.3 is 15.1 Å². The van der Waals surface area contributed by atoms with Crippen molar-refractivity contribution in [1.29, 1.82) is 0 Å². The molecule has 0 saturated heterocycles. The fourth-order valence-electron chi connectivity index (χ4n) is 0.887. The molecule has 1 aromatic carbocycles. The summed E-state index contributed by atoms with van der Waals surface area (Å²) in [7, 11) is 0. The van der Waals surface area contributed by atoms with Crippen LogP contribution in [-0.2, 0) is 4.79 Å². The molecule has 0 heterocycles. The Balaban J connectivity index is 0.000000557. The van der Waals surface area contributed by atoms with Crippen LogP contribution < -0.4 is 4.74 Å². The van der Waals surface area contributed by atoms with Crippen molar-refractivity contribution in [1.82, 2.24) is 0 Å². The molecule has 0 bridgehead atoms. The lowest BCUT2D eigenvalue weighted by atomic mass is 10.2. The second kappa shape index (κ2) is 6.77. The van der Waals surface area contributed by atoms with Gasteiger partial charge in [-0.2, -0.15) is 0 Å². The third-order valence-electron chi connectivity index (χ3n) is 1.37. The Labute approximate surface area is 95.2 Å². The second-order valence-electron chi connectivity index (χ2n) is 2.63. The molecule has 17 heavy (non-hydrogen) atoms. The van der Waals surface area contributed by atoms with Crippen LogP contribution in [0.15, 0.2) is 24.3 Å². The molecule has 0 aromatic heterocycles. The number of hydrogen-bond acceptors (Lipinski definition) is 5. The van der Waals surface area contributed by atoms with Gasteiger partial charge in [0.1, 0.15) is 11.3 Å². The van der Waals surface area contributed by atoms with E-state index in [-0.39, 0.29) is 11.3 Å². The summed E-state index contributed by atoms with van der Waals surface area (Å²) in [6, 6.07) is 5.98. The largest absolute Gasteiger partial charge is 0.478 e. The van der Waals surface area contributed by atoms with E-state index in [1.54, 1.807) is 12.1 Å². The first-order valence-corrected chi connectivity index (χ1v) is 4.18. The summed E-state index contributed by atoms with van der Waals surface area (Å²) in [5, 5.41) is 22.3. The maximum Gasteiger partial charge on any atom is 0.339 e. The molecule has 0 fully saturated rings. The molecule has 0 saturated carbocycles. The summed E-state index contributed by atoms with van der Waals surface area (Å²) < 4.78 is 4.69. The van der Waals surface area contributed by atoms with Crippen molar-refractivity contribution in [2.24, 2.45) is 0 Å². The number of carbonyl (C=O) groups is 2.